The molecule has 0 radical (unpaired) electrons. The SMILES string of the molecule is C/C(F)=C\C(C)(N)F. The molecule has 48 valence electrons. The number of rotatable bonds is 1. The minimum absolute atomic E-state index is 0.600. The zero-order valence-electron chi connectivity index (χ0n) is 4.91. The fraction of sp³-hybridized carbons (Fsp3) is 0.600. The molecule has 0 rings (SSSR count). The molecule has 0 heterocycles. The van der Waals surface area contributed by atoms with Crippen LogP contribution in [0.1, 0.15) is 13.8 Å². The lowest BCUT2D eigenvalue weighted by Crippen LogP contribution is -2.27. The Kier molecular flexibility index (Phi) is 2.10. The molecule has 1 nitrogen and oxygen atoms in total. The van der Waals surface area contributed by atoms with Gasteiger partial charge in [-0.1, -0.05) is 0 Å². The summed E-state index contributed by atoms with van der Waals surface area (Å²) in [7, 11) is 0. The summed E-state index contributed by atoms with van der Waals surface area (Å²) >= 11 is 0. The molecule has 0 aliphatic rings. The van der Waals surface area contributed by atoms with Gasteiger partial charge in [-0.05, 0) is 19.9 Å². The highest BCUT2D eigenvalue weighted by Crippen LogP contribution is 2.06. The van der Waals surface area contributed by atoms with Gasteiger partial charge >= 0.3 is 0 Å². The molecule has 0 saturated carbocycles. The smallest absolute Gasteiger partial charge is 0.177 e. The highest BCUT2D eigenvalue weighted by atomic mass is 19.1. The van der Waals surface area contributed by atoms with E-state index in [0.29, 0.717) is 6.08 Å². The van der Waals surface area contributed by atoms with Gasteiger partial charge in [-0.15, -0.1) is 0 Å². The molecule has 8 heavy (non-hydrogen) atoms. The van der Waals surface area contributed by atoms with Crippen molar-refractivity contribution in [3.8, 4) is 0 Å². The number of hydrogen-bond acceptors (Lipinski definition) is 1. The Morgan fingerprint density at radius 3 is 2.12 bits per heavy atom. The molecule has 0 aromatic heterocycles. The van der Waals surface area contributed by atoms with E-state index in [9.17, 15) is 8.78 Å². The Morgan fingerprint density at radius 1 is 1.75 bits per heavy atom. The van der Waals surface area contributed by atoms with Crippen LogP contribution in [0.15, 0.2) is 11.9 Å². The van der Waals surface area contributed by atoms with E-state index >= 15 is 0 Å². The van der Waals surface area contributed by atoms with Crippen LogP contribution < -0.4 is 5.73 Å². The van der Waals surface area contributed by atoms with Gasteiger partial charge in [0.2, 0.25) is 0 Å². The maximum Gasteiger partial charge on any atom is 0.177 e. The Morgan fingerprint density at radius 2 is 2.12 bits per heavy atom. The van der Waals surface area contributed by atoms with E-state index in [1.807, 2.05) is 0 Å². The van der Waals surface area contributed by atoms with E-state index in [0.717, 1.165) is 13.8 Å². The lowest BCUT2D eigenvalue weighted by atomic mass is 10.3. The van der Waals surface area contributed by atoms with Crippen molar-refractivity contribution in [3.63, 3.8) is 0 Å². The fourth-order valence-corrected chi connectivity index (χ4v) is 0.389. The van der Waals surface area contributed by atoms with Crippen molar-refractivity contribution >= 4 is 0 Å². The van der Waals surface area contributed by atoms with Crippen LogP contribution in [0.2, 0.25) is 0 Å². The first-order valence-electron chi connectivity index (χ1n) is 2.24. The molecule has 0 fully saturated rings. The zero-order valence-corrected chi connectivity index (χ0v) is 4.91. The number of halogens is 2. The Bertz CT molecular complexity index is 97.5. The van der Waals surface area contributed by atoms with Gasteiger partial charge in [-0.2, -0.15) is 0 Å². The van der Waals surface area contributed by atoms with E-state index in [2.05, 4.69) is 0 Å². The van der Waals surface area contributed by atoms with E-state index in [4.69, 9.17) is 5.73 Å². The van der Waals surface area contributed by atoms with E-state index in [1.165, 1.54) is 0 Å². The Hall–Kier alpha value is -0.440. The van der Waals surface area contributed by atoms with Crippen molar-refractivity contribution in [2.75, 3.05) is 0 Å². The van der Waals surface area contributed by atoms with Crippen molar-refractivity contribution in [3.05, 3.63) is 11.9 Å². The number of alkyl halides is 1. The minimum Gasteiger partial charge on any atom is -0.296 e. The monoisotopic (exact) mass is 121 g/mol. The van der Waals surface area contributed by atoms with Gasteiger partial charge in [-0.25, -0.2) is 8.78 Å². The van der Waals surface area contributed by atoms with Crippen LogP contribution in [-0.4, -0.2) is 5.79 Å². The van der Waals surface area contributed by atoms with Crippen LogP contribution in [0.4, 0.5) is 8.78 Å². The van der Waals surface area contributed by atoms with Crippen LogP contribution in [0.5, 0.6) is 0 Å². The average Bonchev–Trinajstić information content (AvgIpc) is 1.21. The first-order valence-corrected chi connectivity index (χ1v) is 2.24. The highest BCUT2D eigenvalue weighted by Gasteiger charge is 2.11. The van der Waals surface area contributed by atoms with Gasteiger partial charge in [0, 0.05) is 0 Å². The minimum atomic E-state index is -2.02. The molecule has 0 amide bonds. The second-order valence-electron chi connectivity index (χ2n) is 1.88. The van der Waals surface area contributed by atoms with Gasteiger partial charge in [0.1, 0.15) is 0 Å². The van der Waals surface area contributed by atoms with Gasteiger partial charge in [-0.3, -0.25) is 5.73 Å². The molecule has 1 atom stereocenters. The predicted molar refractivity (Wildman–Crippen MR) is 28.6 cm³/mol. The lowest BCUT2D eigenvalue weighted by Gasteiger charge is -2.05. The molecular formula is C5H9F2N. The van der Waals surface area contributed by atoms with E-state index in [1.54, 1.807) is 0 Å². The molecule has 0 aromatic carbocycles. The average molecular weight is 121 g/mol. The maximum atomic E-state index is 12.1. The second kappa shape index (κ2) is 2.22. The molecule has 0 spiro atoms. The summed E-state index contributed by atoms with van der Waals surface area (Å²) in [4.78, 5) is 0. The topological polar surface area (TPSA) is 26.0 Å². The van der Waals surface area contributed by atoms with Gasteiger partial charge in [0.25, 0.3) is 0 Å². The first kappa shape index (κ1) is 7.56. The third kappa shape index (κ3) is 5.56. The summed E-state index contributed by atoms with van der Waals surface area (Å²) in [6, 6.07) is 0. The molecule has 0 aliphatic carbocycles. The highest BCUT2D eigenvalue weighted by molar-refractivity contribution is 4.97. The zero-order chi connectivity index (χ0) is 6.78. The summed E-state index contributed by atoms with van der Waals surface area (Å²) < 4.78 is 23.8. The molecule has 2 N–H and O–H groups in total. The normalized spacial score (nSPS) is 20.4. The number of hydrogen-bond donors (Lipinski definition) is 1. The van der Waals surface area contributed by atoms with E-state index in [-0.39, 0.29) is 0 Å². The van der Waals surface area contributed by atoms with Crippen molar-refractivity contribution < 1.29 is 8.78 Å². The van der Waals surface area contributed by atoms with Crippen LogP contribution in [0.3, 0.4) is 0 Å². The fourth-order valence-electron chi connectivity index (χ4n) is 0.389. The molecule has 3 heteroatoms. The lowest BCUT2D eigenvalue weighted by molar-refractivity contribution is 0.264. The molecule has 1 unspecified atom stereocenters. The summed E-state index contributed by atoms with van der Waals surface area (Å²) in [6.45, 7) is 2.22. The number of nitrogens with two attached hydrogens (primary N) is 1. The molecule has 0 bridgehead atoms. The van der Waals surface area contributed by atoms with Crippen molar-refractivity contribution in [1.29, 1.82) is 0 Å². The summed E-state index contributed by atoms with van der Waals surface area (Å²) in [6.07, 6.45) is 0.715. The van der Waals surface area contributed by atoms with Crippen molar-refractivity contribution in [1.82, 2.24) is 0 Å². The number of allylic oxidation sites excluding steroid dienone is 1. The van der Waals surface area contributed by atoms with Crippen LogP contribution in [-0.2, 0) is 0 Å². The van der Waals surface area contributed by atoms with Crippen molar-refractivity contribution in [2.24, 2.45) is 5.73 Å². The Labute approximate surface area is 47.2 Å². The van der Waals surface area contributed by atoms with Crippen molar-refractivity contribution in [2.45, 2.75) is 19.6 Å². The third-order valence-corrected chi connectivity index (χ3v) is 0.481. The predicted octanol–water partition coefficient (Wildman–Crippen LogP) is 1.50. The van der Waals surface area contributed by atoms with Crippen LogP contribution in [0, 0.1) is 0 Å². The molecule has 0 aliphatic heterocycles. The molecule has 0 saturated heterocycles. The van der Waals surface area contributed by atoms with Gasteiger partial charge in [0.05, 0.1) is 5.83 Å². The second-order valence-corrected chi connectivity index (χ2v) is 1.88. The Balaban J connectivity index is 3.89. The van der Waals surface area contributed by atoms with Gasteiger partial charge < -0.3 is 0 Å². The third-order valence-electron chi connectivity index (χ3n) is 0.481. The molecule has 0 aromatic rings. The largest absolute Gasteiger partial charge is 0.296 e. The van der Waals surface area contributed by atoms with E-state index < -0.39 is 11.6 Å². The summed E-state index contributed by atoms with van der Waals surface area (Å²) in [5.41, 5.74) is 4.75. The summed E-state index contributed by atoms with van der Waals surface area (Å²) in [5.74, 6) is -2.61. The first-order chi connectivity index (χ1) is 3.42. The quantitative estimate of drug-likeness (QED) is 0.523. The van der Waals surface area contributed by atoms with Crippen LogP contribution >= 0.6 is 0 Å². The standard InChI is InChI=1S/C5H9F2N/c1-4(6)3-5(2,7)8/h3H,8H2,1-2H3/b4-3+. The van der Waals surface area contributed by atoms with Crippen LogP contribution in [0.25, 0.3) is 0 Å². The maximum absolute atomic E-state index is 12.1. The van der Waals surface area contributed by atoms with Gasteiger partial charge in [0.15, 0.2) is 5.79 Å². The molecular weight excluding hydrogens is 112 g/mol. The summed E-state index contributed by atoms with van der Waals surface area (Å²) in [5, 5.41) is 0.